The van der Waals surface area contributed by atoms with E-state index in [4.69, 9.17) is 0 Å². The fraction of sp³-hybridized carbons (Fsp3) is 0.923. The summed E-state index contributed by atoms with van der Waals surface area (Å²) in [6.07, 6.45) is 12.3. The molecule has 15 heavy (non-hydrogen) atoms. The average molecular weight is 213 g/mol. The summed E-state index contributed by atoms with van der Waals surface area (Å²) in [5, 5.41) is 10.7. The normalized spacial score (nSPS) is 14.2. The Morgan fingerprint density at radius 2 is 1.60 bits per heavy atom. The van der Waals surface area contributed by atoms with Crippen LogP contribution in [0.4, 0.5) is 0 Å². The topological polar surface area (TPSA) is 26.1 Å². The highest BCUT2D eigenvalue weighted by atomic mass is 16.5. The predicted molar refractivity (Wildman–Crippen MR) is 67.4 cm³/mol. The highest BCUT2D eigenvalue weighted by molar-refractivity contribution is 5.54. The van der Waals surface area contributed by atoms with Gasteiger partial charge >= 0.3 is 0 Å². The summed E-state index contributed by atoms with van der Waals surface area (Å²) in [6, 6.07) is 0. The molecule has 0 aliphatic carbocycles. The van der Waals surface area contributed by atoms with Gasteiger partial charge in [0.05, 0.1) is 0 Å². The Kier molecular flexibility index (Phi) is 9.65. The first-order valence-electron chi connectivity index (χ1n) is 6.41. The SMILES string of the molecule is CCCCCCCCCC(C)/C=[N+](\C)[O-]. The van der Waals surface area contributed by atoms with Crippen LogP contribution in [0.3, 0.4) is 0 Å². The van der Waals surface area contributed by atoms with Crippen LogP contribution in [-0.2, 0) is 0 Å². The van der Waals surface area contributed by atoms with Gasteiger partial charge in [-0.1, -0.05) is 58.8 Å². The van der Waals surface area contributed by atoms with Gasteiger partial charge in [0.2, 0.25) is 0 Å². The van der Waals surface area contributed by atoms with Crippen LogP contribution in [0, 0.1) is 11.1 Å². The van der Waals surface area contributed by atoms with Gasteiger partial charge in [-0.25, -0.2) is 4.74 Å². The molecule has 0 radical (unpaired) electrons. The quantitative estimate of drug-likeness (QED) is 0.187. The Morgan fingerprint density at radius 3 is 2.13 bits per heavy atom. The second-order valence-electron chi connectivity index (χ2n) is 4.58. The lowest BCUT2D eigenvalue weighted by molar-refractivity contribution is -0.419. The van der Waals surface area contributed by atoms with Gasteiger partial charge in [0, 0.05) is 5.92 Å². The fourth-order valence-corrected chi connectivity index (χ4v) is 1.86. The Labute approximate surface area is 95.0 Å². The third kappa shape index (κ3) is 11.4. The zero-order valence-electron chi connectivity index (χ0n) is 10.7. The summed E-state index contributed by atoms with van der Waals surface area (Å²) in [6.45, 7) is 4.36. The van der Waals surface area contributed by atoms with Gasteiger partial charge in [0.25, 0.3) is 0 Å². The van der Waals surface area contributed by atoms with Gasteiger partial charge in [-0.15, -0.1) is 0 Å². The van der Waals surface area contributed by atoms with Crippen molar-refractivity contribution in [2.45, 2.75) is 65.2 Å². The summed E-state index contributed by atoms with van der Waals surface area (Å²) in [5.74, 6) is 0.433. The fourth-order valence-electron chi connectivity index (χ4n) is 1.86. The summed E-state index contributed by atoms with van der Waals surface area (Å²) in [7, 11) is 1.56. The van der Waals surface area contributed by atoms with Crippen molar-refractivity contribution < 1.29 is 4.74 Å². The van der Waals surface area contributed by atoms with E-state index in [1.807, 2.05) is 0 Å². The van der Waals surface area contributed by atoms with Crippen LogP contribution in [0.15, 0.2) is 0 Å². The van der Waals surface area contributed by atoms with Gasteiger partial charge in [-0.2, -0.15) is 0 Å². The van der Waals surface area contributed by atoms with E-state index in [9.17, 15) is 5.21 Å². The van der Waals surface area contributed by atoms with Crippen molar-refractivity contribution in [3.05, 3.63) is 5.21 Å². The van der Waals surface area contributed by atoms with Crippen molar-refractivity contribution in [2.24, 2.45) is 5.92 Å². The third-order valence-electron chi connectivity index (χ3n) is 2.73. The number of unbranched alkanes of at least 4 members (excludes halogenated alkanes) is 6. The van der Waals surface area contributed by atoms with Crippen molar-refractivity contribution in [2.75, 3.05) is 7.05 Å². The van der Waals surface area contributed by atoms with E-state index in [2.05, 4.69) is 13.8 Å². The maximum Gasteiger partial charge on any atom is 0.153 e. The van der Waals surface area contributed by atoms with Crippen molar-refractivity contribution in [3.8, 4) is 0 Å². The molecule has 2 heteroatoms. The molecule has 0 aliphatic rings. The predicted octanol–water partition coefficient (Wildman–Crippen LogP) is 3.97. The maximum absolute atomic E-state index is 10.7. The van der Waals surface area contributed by atoms with Gasteiger partial charge in [-0.3, -0.25) is 0 Å². The lowest BCUT2D eigenvalue weighted by Gasteiger charge is -2.05. The summed E-state index contributed by atoms with van der Waals surface area (Å²) in [4.78, 5) is 0. The highest BCUT2D eigenvalue weighted by Gasteiger charge is 2.01. The third-order valence-corrected chi connectivity index (χ3v) is 2.73. The molecule has 0 saturated heterocycles. The Morgan fingerprint density at radius 1 is 1.07 bits per heavy atom. The molecular formula is C13H27NO. The summed E-state index contributed by atoms with van der Waals surface area (Å²) < 4.78 is 0.923. The summed E-state index contributed by atoms with van der Waals surface area (Å²) in [5.41, 5.74) is 0. The van der Waals surface area contributed by atoms with Gasteiger partial charge in [0.1, 0.15) is 7.05 Å². The molecule has 1 atom stereocenters. The molecule has 0 rings (SSSR count). The van der Waals surface area contributed by atoms with Crippen molar-refractivity contribution in [1.82, 2.24) is 0 Å². The zero-order chi connectivity index (χ0) is 11.5. The minimum Gasteiger partial charge on any atom is -0.624 e. The number of hydrogen-bond acceptors (Lipinski definition) is 1. The van der Waals surface area contributed by atoms with E-state index in [0.29, 0.717) is 5.92 Å². The molecule has 90 valence electrons. The Bertz CT molecular complexity index is 162. The van der Waals surface area contributed by atoms with E-state index in [1.165, 1.54) is 44.9 Å². The lowest BCUT2D eigenvalue weighted by Crippen LogP contribution is -2.05. The van der Waals surface area contributed by atoms with Crippen molar-refractivity contribution in [3.63, 3.8) is 0 Å². The van der Waals surface area contributed by atoms with Gasteiger partial charge in [0.15, 0.2) is 6.21 Å². The molecule has 0 aliphatic heterocycles. The number of rotatable bonds is 9. The van der Waals surface area contributed by atoms with E-state index in [0.717, 1.165) is 11.2 Å². The van der Waals surface area contributed by atoms with E-state index in [-0.39, 0.29) is 0 Å². The second-order valence-corrected chi connectivity index (χ2v) is 4.58. The first-order valence-corrected chi connectivity index (χ1v) is 6.41. The van der Waals surface area contributed by atoms with Crippen LogP contribution >= 0.6 is 0 Å². The second kappa shape index (κ2) is 10.0. The smallest absolute Gasteiger partial charge is 0.153 e. The van der Waals surface area contributed by atoms with Crippen LogP contribution in [0.2, 0.25) is 0 Å². The zero-order valence-corrected chi connectivity index (χ0v) is 10.7. The molecule has 0 heterocycles. The average Bonchev–Trinajstić information content (AvgIpc) is 2.15. The minimum absolute atomic E-state index is 0.433. The monoisotopic (exact) mass is 213 g/mol. The first-order chi connectivity index (χ1) is 7.16. The molecule has 0 saturated carbocycles. The van der Waals surface area contributed by atoms with Gasteiger partial charge < -0.3 is 5.21 Å². The lowest BCUT2D eigenvalue weighted by atomic mass is 10.0. The van der Waals surface area contributed by atoms with E-state index < -0.39 is 0 Å². The molecule has 0 fully saturated rings. The van der Waals surface area contributed by atoms with E-state index in [1.54, 1.807) is 13.3 Å². The van der Waals surface area contributed by atoms with E-state index >= 15 is 0 Å². The molecule has 0 spiro atoms. The maximum atomic E-state index is 10.7. The van der Waals surface area contributed by atoms with Crippen molar-refractivity contribution in [1.29, 1.82) is 0 Å². The number of hydrogen-bond donors (Lipinski definition) is 0. The largest absolute Gasteiger partial charge is 0.624 e. The molecule has 0 N–H and O–H groups in total. The Hall–Kier alpha value is -0.530. The van der Waals surface area contributed by atoms with Crippen LogP contribution in [0.1, 0.15) is 65.2 Å². The van der Waals surface area contributed by atoms with Crippen molar-refractivity contribution >= 4 is 6.21 Å². The molecule has 0 amide bonds. The number of hydroxylamine groups is 1. The molecule has 2 nitrogen and oxygen atoms in total. The molecule has 1 unspecified atom stereocenters. The Balaban J connectivity index is 3.20. The van der Waals surface area contributed by atoms with Crippen LogP contribution in [0.5, 0.6) is 0 Å². The first kappa shape index (κ1) is 14.5. The van der Waals surface area contributed by atoms with Crippen LogP contribution in [0.25, 0.3) is 0 Å². The molecular weight excluding hydrogens is 186 g/mol. The highest BCUT2D eigenvalue weighted by Crippen LogP contribution is 2.11. The van der Waals surface area contributed by atoms with Gasteiger partial charge in [-0.05, 0) is 6.42 Å². The standard InChI is InChI=1S/C13H27NO/c1-4-5-6-7-8-9-10-11-13(2)12-14(3)15/h12-13H,4-11H2,1-3H3/b14-12+. The van der Waals surface area contributed by atoms with Crippen LogP contribution in [-0.4, -0.2) is 18.0 Å². The molecule has 0 aromatic carbocycles. The molecule has 0 bridgehead atoms. The minimum atomic E-state index is 0.433. The number of nitrogens with zero attached hydrogens (tertiary/aromatic N) is 1. The summed E-state index contributed by atoms with van der Waals surface area (Å²) >= 11 is 0. The molecule has 0 aromatic rings. The molecule has 0 aromatic heterocycles. The van der Waals surface area contributed by atoms with Crippen LogP contribution < -0.4 is 0 Å².